The second-order valence-electron chi connectivity index (χ2n) is 7.44. The summed E-state index contributed by atoms with van der Waals surface area (Å²) in [5.41, 5.74) is 0.485. The van der Waals surface area contributed by atoms with Crippen LogP contribution >= 0.6 is 0 Å². The van der Waals surface area contributed by atoms with Gasteiger partial charge in [0.2, 0.25) is 15.9 Å². The highest BCUT2D eigenvalue weighted by Gasteiger charge is 2.51. The number of sulfonamides is 1. The maximum atomic E-state index is 12.7. The first kappa shape index (κ1) is 18.8. The van der Waals surface area contributed by atoms with Crippen LogP contribution in [0, 0.1) is 11.8 Å². The number of fused-ring (bicyclic) bond motifs is 1. The number of likely N-dealkylation sites (tertiary alicyclic amines) is 1. The SMILES string of the molecule is CS(=O)(=O)N1C[C@H]2CN(C(=O)Cn3cccnc3=O)C[C@H]2[C@@H]1c1ccccc1. The van der Waals surface area contributed by atoms with E-state index in [1.54, 1.807) is 21.5 Å². The summed E-state index contributed by atoms with van der Waals surface area (Å²) >= 11 is 0. The number of carbonyl (C=O) groups is 1. The minimum atomic E-state index is -3.36. The van der Waals surface area contributed by atoms with Crippen molar-refractivity contribution in [3.8, 4) is 0 Å². The lowest BCUT2D eigenvalue weighted by Gasteiger charge is -2.28. The molecule has 3 atom stereocenters. The van der Waals surface area contributed by atoms with E-state index in [-0.39, 0.29) is 30.3 Å². The van der Waals surface area contributed by atoms with Gasteiger partial charge in [-0.2, -0.15) is 4.31 Å². The average molecular weight is 402 g/mol. The predicted octanol–water partition coefficient (Wildman–Crippen LogP) is 0.334. The first-order valence-electron chi connectivity index (χ1n) is 9.15. The quantitative estimate of drug-likeness (QED) is 0.735. The lowest BCUT2D eigenvalue weighted by Crippen LogP contribution is -2.39. The van der Waals surface area contributed by atoms with Crippen molar-refractivity contribution in [3.05, 3.63) is 64.8 Å². The average Bonchev–Trinajstić information content (AvgIpc) is 3.22. The van der Waals surface area contributed by atoms with Gasteiger partial charge in [0, 0.05) is 37.9 Å². The summed E-state index contributed by atoms with van der Waals surface area (Å²) in [7, 11) is -3.36. The minimum Gasteiger partial charge on any atom is -0.340 e. The number of hydrogen-bond donors (Lipinski definition) is 0. The Hall–Kier alpha value is -2.52. The highest BCUT2D eigenvalue weighted by molar-refractivity contribution is 7.88. The smallest absolute Gasteiger partial charge is 0.340 e. The van der Waals surface area contributed by atoms with E-state index in [0.717, 1.165) is 5.56 Å². The Bertz CT molecular complexity index is 1040. The van der Waals surface area contributed by atoms with Crippen LogP contribution in [0.5, 0.6) is 0 Å². The number of aromatic nitrogens is 2. The summed E-state index contributed by atoms with van der Waals surface area (Å²) in [5, 5.41) is 0. The molecule has 1 amide bonds. The number of carbonyl (C=O) groups excluding carboxylic acids is 1. The summed E-state index contributed by atoms with van der Waals surface area (Å²) in [6.45, 7) is 1.32. The maximum Gasteiger partial charge on any atom is 0.347 e. The van der Waals surface area contributed by atoms with E-state index in [9.17, 15) is 18.0 Å². The molecular formula is C19H22N4O4S. The molecule has 0 aliphatic carbocycles. The summed E-state index contributed by atoms with van der Waals surface area (Å²) in [6, 6.07) is 10.9. The molecule has 2 saturated heterocycles. The minimum absolute atomic E-state index is 0.0340. The van der Waals surface area contributed by atoms with Crippen molar-refractivity contribution in [1.82, 2.24) is 18.8 Å². The van der Waals surface area contributed by atoms with Gasteiger partial charge in [-0.3, -0.25) is 9.36 Å². The molecule has 8 nitrogen and oxygen atoms in total. The molecule has 0 saturated carbocycles. The van der Waals surface area contributed by atoms with E-state index in [0.29, 0.717) is 19.6 Å². The molecule has 28 heavy (non-hydrogen) atoms. The second-order valence-corrected chi connectivity index (χ2v) is 9.38. The standard InChI is InChI=1S/C19H22N4O4S/c1-28(26,27)23-11-15-10-22(17(24)13-21-9-5-8-20-19(21)25)12-16(15)18(23)14-6-3-2-4-7-14/h2-9,15-16,18H,10-13H2,1H3/t15-,16-,18+/m1/s1. The Morgan fingerprint density at radius 2 is 1.89 bits per heavy atom. The predicted molar refractivity (Wildman–Crippen MR) is 103 cm³/mol. The molecule has 1 aromatic carbocycles. The molecule has 0 radical (unpaired) electrons. The monoisotopic (exact) mass is 402 g/mol. The van der Waals surface area contributed by atoms with E-state index in [2.05, 4.69) is 4.98 Å². The van der Waals surface area contributed by atoms with Crippen LogP contribution in [0.2, 0.25) is 0 Å². The molecule has 2 aromatic rings. The highest BCUT2D eigenvalue weighted by Crippen LogP contribution is 2.46. The van der Waals surface area contributed by atoms with Crippen molar-refractivity contribution >= 4 is 15.9 Å². The van der Waals surface area contributed by atoms with Crippen LogP contribution in [0.4, 0.5) is 0 Å². The lowest BCUT2D eigenvalue weighted by molar-refractivity contribution is -0.131. The van der Waals surface area contributed by atoms with Gasteiger partial charge in [0.25, 0.3) is 0 Å². The van der Waals surface area contributed by atoms with Crippen LogP contribution in [0.1, 0.15) is 11.6 Å². The van der Waals surface area contributed by atoms with Crippen molar-refractivity contribution in [2.45, 2.75) is 12.6 Å². The molecule has 4 rings (SSSR count). The van der Waals surface area contributed by atoms with E-state index in [4.69, 9.17) is 0 Å². The Morgan fingerprint density at radius 1 is 1.14 bits per heavy atom. The third-order valence-corrected chi connectivity index (χ3v) is 6.86. The van der Waals surface area contributed by atoms with E-state index < -0.39 is 15.7 Å². The van der Waals surface area contributed by atoms with Crippen LogP contribution in [-0.4, -0.2) is 59.0 Å². The number of benzene rings is 1. The van der Waals surface area contributed by atoms with Gasteiger partial charge in [0.15, 0.2) is 0 Å². The van der Waals surface area contributed by atoms with E-state index >= 15 is 0 Å². The Balaban J connectivity index is 1.56. The van der Waals surface area contributed by atoms with Crippen LogP contribution in [-0.2, 0) is 21.4 Å². The first-order valence-corrected chi connectivity index (χ1v) is 11.0. The van der Waals surface area contributed by atoms with Crippen molar-refractivity contribution in [2.75, 3.05) is 25.9 Å². The largest absolute Gasteiger partial charge is 0.347 e. The summed E-state index contributed by atoms with van der Waals surface area (Å²) in [5.74, 6) is -0.0385. The normalized spacial score (nSPS) is 25.0. The number of rotatable bonds is 4. The molecule has 0 bridgehead atoms. The van der Waals surface area contributed by atoms with Gasteiger partial charge in [-0.05, 0) is 17.5 Å². The Labute approximate surface area is 163 Å². The first-order chi connectivity index (χ1) is 13.3. The van der Waals surface area contributed by atoms with Crippen LogP contribution < -0.4 is 5.69 Å². The Morgan fingerprint density at radius 3 is 2.57 bits per heavy atom. The number of amides is 1. The van der Waals surface area contributed by atoms with Gasteiger partial charge in [-0.1, -0.05) is 30.3 Å². The summed E-state index contributed by atoms with van der Waals surface area (Å²) in [6.07, 6.45) is 4.18. The zero-order chi connectivity index (χ0) is 19.9. The second kappa shape index (κ2) is 7.14. The van der Waals surface area contributed by atoms with Crippen molar-refractivity contribution < 1.29 is 13.2 Å². The molecule has 2 aliphatic rings. The van der Waals surface area contributed by atoms with Gasteiger partial charge in [-0.25, -0.2) is 18.2 Å². The van der Waals surface area contributed by atoms with Crippen molar-refractivity contribution in [3.63, 3.8) is 0 Å². The molecule has 148 valence electrons. The highest BCUT2D eigenvalue weighted by atomic mass is 32.2. The van der Waals surface area contributed by atoms with Crippen LogP contribution in [0.3, 0.4) is 0 Å². The summed E-state index contributed by atoms with van der Waals surface area (Å²) in [4.78, 5) is 29.9. The van der Waals surface area contributed by atoms with E-state index in [1.165, 1.54) is 17.0 Å². The topological polar surface area (TPSA) is 92.6 Å². The van der Waals surface area contributed by atoms with Gasteiger partial charge < -0.3 is 4.90 Å². The van der Waals surface area contributed by atoms with Crippen molar-refractivity contribution in [1.29, 1.82) is 0 Å². The molecule has 1 aromatic heterocycles. The molecule has 0 N–H and O–H groups in total. The molecule has 9 heteroatoms. The van der Waals surface area contributed by atoms with Gasteiger partial charge >= 0.3 is 5.69 Å². The zero-order valence-electron chi connectivity index (χ0n) is 15.5. The van der Waals surface area contributed by atoms with E-state index in [1.807, 2.05) is 30.3 Å². The molecular weight excluding hydrogens is 380 g/mol. The lowest BCUT2D eigenvalue weighted by atomic mass is 9.90. The number of nitrogens with zero attached hydrogens (tertiary/aromatic N) is 4. The molecule has 3 heterocycles. The van der Waals surface area contributed by atoms with Crippen molar-refractivity contribution in [2.24, 2.45) is 11.8 Å². The number of hydrogen-bond acceptors (Lipinski definition) is 5. The van der Waals surface area contributed by atoms with Gasteiger partial charge in [0.05, 0.1) is 12.3 Å². The van der Waals surface area contributed by atoms with Crippen LogP contribution in [0.25, 0.3) is 0 Å². The molecule has 0 spiro atoms. The third-order valence-electron chi connectivity index (χ3n) is 5.63. The fraction of sp³-hybridized carbons (Fsp3) is 0.421. The maximum absolute atomic E-state index is 12.7. The van der Waals surface area contributed by atoms with Gasteiger partial charge in [-0.15, -0.1) is 0 Å². The molecule has 0 unspecified atom stereocenters. The fourth-order valence-electron chi connectivity index (χ4n) is 4.37. The molecule has 2 aliphatic heterocycles. The van der Waals surface area contributed by atoms with Gasteiger partial charge in [0.1, 0.15) is 6.54 Å². The zero-order valence-corrected chi connectivity index (χ0v) is 16.3. The van der Waals surface area contributed by atoms with Crippen LogP contribution in [0.15, 0.2) is 53.6 Å². The fourth-order valence-corrected chi connectivity index (χ4v) is 5.52. The Kier molecular flexibility index (Phi) is 4.80. The summed E-state index contributed by atoms with van der Waals surface area (Å²) < 4.78 is 27.5. The molecule has 2 fully saturated rings. The third kappa shape index (κ3) is 3.47.